The lowest BCUT2D eigenvalue weighted by Gasteiger charge is -2.41. The van der Waals surface area contributed by atoms with Crippen LogP contribution in [0.1, 0.15) is 25.8 Å². The summed E-state index contributed by atoms with van der Waals surface area (Å²) in [4.78, 5) is 11.2. The third-order valence-electron chi connectivity index (χ3n) is 5.71. The molecule has 2 aromatic carbocycles. The lowest BCUT2D eigenvalue weighted by molar-refractivity contribution is -0.257. The summed E-state index contributed by atoms with van der Waals surface area (Å²) in [6.07, 6.45) is -3.09. The van der Waals surface area contributed by atoms with E-state index in [0.717, 1.165) is 11.1 Å². The molecule has 1 aliphatic rings. The lowest BCUT2D eigenvalue weighted by atomic mass is 9.89. The van der Waals surface area contributed by atoms with E-state index in [2.05, 4.69) is 5.32 Å². The second-order valence-corrected chi connectivity index (χ2v) is 8.08. The topological polar surface area (TPSA) is 108 Å². The van der Waals surface area contributed by atoms with Gasteiger partial charge in [-0.15, -0.1) is 0 Å². The molecule has 1 saturated heterocycles. The maximum absolute atomic E-state index is 13.9. The van der Waals surface area contributed by atoms with Crippen LogP contribution < -0.4 is 10.1 Å². The van der Waals surface area contributed by atoms with Gasteiger partial charge in [0.2, 0.25) is 12.2 Å². The number of ether oxygens (including phenoxy) is 2. The SMILES string of the molecule is CC(=O)NCCc1ccc(O[C@H]2O[C@H](CCO)[C@H](C)[C@@H](O)[C@H]2O)cc1-c1cccc(F)c1. The van der Waals surface area contributed by atoms with Crippen molar-refractivity contribution in [1.29, 1.82) is 0 Å². The van der Waals surface area contributed by atoms with Gasteiger partial charge in [-0.1, -0.05) is 25.1 Å². The highest BCUT2D eigenvalue weighted by Crippen LogP contribution is 2.33. The molecule has 174 valence electrons. The summed E-state index contributed by atoms with van der Waals surface area (Å²) in [7, 11) is 0. The average molecular weight is 448 g/mol. The maximum Gasteiger partial charge on any atom is 0.228 e. The van der Waals surface area contributed by atoms with Crippen LogP contribution in [-0.4, -0.2) is 59.0 Å². The van der Waals surface area contributed by atoms with Crippen molar-refractivity contribution in [2.75, 3.05) is 13.2 Å². The number of rotatable bonds is 8. The monoisotopic (exact) mass is 447 g/mol. The van der Waals surface area contributed by atoms with Gasteiger partial charge < -0.3 is 30.1 Å². The van der Waals surface area contributed by atoms with Crippen molar-refractivity contribution < 1.29 is 34.0 Å². The molecule has 1 heterocycles. The molecule has 0 spiro atoms. The van der Waals surface area contributed by atoms with Crippen molar-refractivity contribution in [3.05, 3.63) is 53.8 Å². The van der Waals surface area contributed by atoms with Gasteiger partial charge in [0, 0.05) is 26.0 Å². The molecule has 32 heavy (non-hydrogen) atoms. The van der Waals surface area contributed by atoms with E-state index >= 15 is 0 Å². The molecule has 8 heteroatoms. The molecule has 0 unspecified atom stereocenters. The second-order valence-electron chi connectivity index (χ2n) is 8.08. The molecular formula is C24H30FNO6. The highest BCUT2D eigenvalue weighted by atomic mass is 19.1. The number of carbonyl (C=O) groups excluding carboxylic acids is 1. The lowest BCUT2D eigenvalue weighted by Crippen LogP contribution is -2.55. The quantitative estimate of drug-likeness (QED) is 0.493. The summed E-state index contributed by atoms with van der Waals surface area (Å²) in [6, 6.07) is 11.4. The zero-order valence-electron chi connectivity index (χ0n) is 18.2. The zero-order chi connectivity index (χ0) is 23.3. The molecule has 0 radical (unpaired) electrons. The van der Waals surface area contributed by atoms with E-state index in [9.17, 15) is 24.5 Å². The number of hydrogen-bond donors (Lipinski definition) is 4. The molecule has 5 atom stereocenters. The number of aliphatic hydroxyl groups excluding tert-OH is 3. The molecule has 0 aliphatic carbocycles. The van der Waals surface area contributed by atoms with Crippen molar-refractivity contribution in [1.82, 2.24) is 5.32 Å². The summed E-state index contributed by atoms with van der Waals surface area (Å²) in [5.74, 6) is -0.500. The van der Waals surface area contributed by atoms with Gasteiger partial charge in [0.25, 0.3) is 0 Å². The zero-order valence-corrected chi connectivity index (χ0v) is 18.2. The Morgan fingerprint density at radius 3 is 2.66 bits per heavy atom. The smallest absolute Gasteiger partial charge is 0.228 e. The third kappa shape index (κ3) is 5.83. The fraction of sp³-hybridized carbons (Fsp3) is 0.458. The molecule has 1 fully saturated rings. The molecule has 3 rings (SSSR count). The highest BCUT2D eigenvalue weighted by molar-refractivity contribution is 5.73. The number of hydrogen-bond acceptors (Lipinski definition) is 6. The first-order valence-electron chi connectivity index (χ1n) is 10.7. The third-order valence-corrected chi connectivity index (χ3v) is 5.71. The van der Waals surface area contributed by atoms with E-state index in [1.54, 1.807) is 31.2 Å². The van der Waals surface area contributed by atoms with E-state index < -0.39 is 24.6 Å². The largest absolute Gasteiger partial charge is 0.462 e. The van der Waals surface area contributed by atoms with Crippen molar-refractivity contribution in [2.24, 2.45) is 5.92 Å². The first-order valence-corrected chi connectivity index (χ1v) is 10.7. The summed E-state index contributed by atoms with van der Waals surface area (Å²) in [5, 5.41) is 32.8. The van der Waals surface area contributed by atoms with Crippen LogP contribution in [0.15, 0.2) is 42.5 Å². The van der Waals surface area contributed by atoms with Crippen LogP contribution in [0.5, 0.6) is 5.75 Å². The Labute approximate surface area is 186 Å². The molecule has 0 saturated carbocycles. The number of carbonyl (C=O) groups is 1. The molecule has 0 aromatic heterocycles. The maximum atomic E-state index is 13.9. The Morgan fingerprint density at radius 2 is 1.97 bits per heavy atom. The summed E-state index contributed by atoms with van der Waals surface area (Å²) in [5.41, 5.74) is 2.25. The Hall–Kier alpha value is -2.52. The van der Waals surface area contributed by atoms with E-state index in [1.807, 2.05) is 6.07 Å². The van der Waals surface area contributed by atoms with Crippen molar-refractivity contribution in [3.63, 3.8) is 0 Å². The molecule has 1 aliphatic heterocycles. The fourth-order valence-electron chi connectivity index (χ4n) is 3.90. The minimum atomic E-state index is -1.27. The van der Waals surface area contributed by atoms with Crippen LogP contribution >= 0.6 is 0 Å². The van der Waals surface area contributed by atoms with Gasteiger partial charge in [0.1, 0.15) is 17.7 Å². The second kappa shape index (κ2) is 10.9. The van der Waals surface area contributed by atoms with Gasteiger partial charge in [0.15, 0.2) is 0 Å². The van der Waals surface area contributed by atoms with Crippen molar-refractivity contribution in [2.45, 2.75) is 51.3 Å². The van der Waals surface area contributed by atoms with E-state index in [-0.39, 0.29) is 24.2 Å². The average Bonchev–Trinajstić information content (AvgIpc) is 2.76. The van der Waals surface area contributed by atoms with E-state index in [4.69, 9.17) is 9.47 Å². The van der Waals surface area contributed by atoms with Gasteiger partial charge in [-0.2, -0.15) is 0 Å². The summed E-state index contributed by atoms with van der Waals surface area (Å²) in [6.45, 7) is 3.50. The Bertz CT molecular complexity index is 923. The minimum Gasteiger partial charge on any atom is -0.462 e. The standard InChI is InChI=1S/C24H30FNO6/c1-14-21(9-11-27)32-24(23(30)22(14)29)31-19-7-6-16(8-10-26-15(2)28)20(13-19)17-4-3-5-18(25)12-17/h3-7,12-14,21-24,27,29-30H,8-11H2,1-2H3,(H,26,28)/t14-,21+,22+,23+,24-/m0/s1. The molecule has 2 aromatic rings. The predicted molar refractivity (Wildman–Crippen MR) is 116 cm³/mol. The van der Waals surface area contributed by atoms with Crippen LogP contribution in [0.25, 0.3) is 11.1 Å². The van der Waals surface area contributed by atoms with E-state index in [1.165, 1.54) is 19.1 Å². The van der Waals surface area contributed by atoms with Gasteiger partial charge in [-0.25, -0.2) is 4.39 Å². The Morgan fingerprint density at radius 1 is 1.19 bits per heavy atom. The van der Waals surface area contributed by atoms with Crippen LogP contribution in [0.3, 0.4) is 0 Å². The van der Waals surface area contributed by atoms with Crippen LogP contribution in [-0.2, 0) is 16.0 Å². The van der Waals surface area contributed by atoms with Gasteiger partial charge >= 0.3 is 0 Å². The number of amides is 1. The normalized spacial score (nSPS) is 25.4. The van der Waals surface area contributed by atoms with Crippen molar-refractivity contribution >= 4 is 5.91 Å². The number of halogens is 1. The number of nitrogens with one attached hydrogen (secondary N) is 1. The summed E-state index contributed by atoms with van der Waals surface area (Å²) < 4.78 is 25.6. The number of benzene rings is 2. The van der Waals surface area contributed by atoms with Gasteiger partial charge in [0.05, 0.1) is 12.2 Å². The fourth-order valence-corrected chi connectivity index (χ4v) is 3.90. The first kappa shape index (κ1) is 24.1. The Balaban J connectivity index is 1.86. The minimum absolute atomic E-state index is 0.114. The van der Waals surface area contributed by atoms with Gasteiger partial charge in [-0.3, -0.25) is 4.79 Å². The molecule has 7 nitrogen and oxygen atoms in total. The highest BCUT2D eigenvalue weighted by Gasteiger charge is 2.43. The number of aliphatic hydroxyl groups is 3. The molecule has 4 N–H and O–H groups in total. The summed E-state index contributed by atoms with van der Waals surface area (Å²) >= 11 is 0. The molecular weight excluding hydrogens is 417 g/mol. The molecule has 0 bridgehead atoms. The van der Waals surface area contributed by atoms with Crippen LogP contribution in [0.4, 0.5) is 4.39 Å². The first-order chi connectivity index (χ1) is 15.3. The van der Waals surface area contributed by atoms with Crippen LogP contribution in [0, 0.1) is 11.7 Å². The van der Waals surface area contributed by atoms with E-state index in [0.29, 0.717) is 30.7 Å². The Kier molecular flexibility index (Phi) is 8.20. The molecule has 1 amide bonds. The predicted octanol–water partition coefficient (Wildman–Crippen LogP) is 2.02. The van der Waals surface area contributed by atoms with Gasteiger partial charge in [-0.05, 0) is 53.8 Å². The van der Waals surface area contributed by atoms with Crippen molar-refractivity contribution in [3.8, 4) is 16.9 Å². The van der Waals surface area contributed by atoms with Crippen LogP contribution in [0.2, 0.25) is 0 Å².